The summed E-state index contributed by atoms with van der Waals surface area (Å²) in [6.07, 6.45) is 1.57. The van der Waals surface area contributed by atoms with Crippen molar-refractivity contribution in [3.63, 3.8) is 0 Å². The molecule has 5 rings (SSSR count). The first-order valence-corrected chi connectivity index (χ1v) is 11.6. The fourth-order valence-electron chi connectivity index (χ4n) is 4.50. The summed E-state index contributed by atoms with van der Waals surface area (Å²) in [5.41, 5.74) is 8.61. The van der Waals surface area contributed by atoms with Crippen molar-refractivity contribution in [2.24, 2.45) is 0 Å². The highest BCUT2D eigenvalue weighted by Crippen LogP contribution is 2.29. The summed E-state index contributed by atoms with van der Waals surface area (Å²) in [7, 11) is 1.92. The van der Waals surface area contributed by atoms with Crippen LogP contribution in [0.15, 0.2) is 72.8 Å². The minimum atomic E-state index is -0.191. The molecule has 0 saturated heterocycles. The molecule has 5 aromatic rings. The van der Waals surface area contributed by atoms with Gasteiger partial charge in [0.2, 0.25) is 0 Å². The first-order valence-electron chi connectivity index (χ1n) is 11.6. The van der Waals surface area contributed by atoms with E-state index in [1.54, 1.807) is 0 Å². The van der Waals surface area contributed by atoms with Gasteiger partial charge in [-0.2, -0.15) is 0 Å². The van der Waals surface area contributed by atoms with Gasteiger partial charge in [-0.3, -0.25) is 4.79 Å². The molecule has 34 heavy (non-hydrogen) atoms. The molecule has 5 nitrogen and oxygen atoms in total. The molecule has 3 N–H and O–H groups in total. The second-order valence-electron chi connectivity index (χ2n) is 8.72. The Morgan fingerprint density at radius 3 is 2.35 bits per heavy atom. The fourth-order valence-corrected chi connectivity index (χ4v) is 4.50. The molecule has 0 aliphatic carbocycles. The number of amides is 1. The number of anilines is 2. The number of fused-ring (bicyclic) bond motifs is 3. The summed E-state index contributed by atoms with van der Waals surface area (Å²) in [6, 6.07) is 24.5. The Labute approximate surface area is 199 Å². The summed E-state index contributed by atoms with van der Waals surface area (Å²) in [4.78, 5) is 21.7. The van der Waals surface area contributed by atoms with Crippen LogP contribution in [0.5, 0.6) is 0 Å². The van der Waals surface area contributed by atoms with E-state index in [1.165, 1.54) is 5.56 Å². The predicted octanol–water partition coefficient (Wildman–Crippen LogP) is 6.41. The molecule has 0 atom stereocenters. The van der Waals surface area contributed by atoms with E-state index >= 15 is 0 Å². The van der Waals surface area contributed by atoms with Crippen LogP contribution in [0.25, 0.3) is 21.8 Å². The quantitative estimate of drug-likeness (QED) is 0.281. The topological polar surface area (TPSA) is 69.8 Å². The number of benzene rings is 3. The number of rotatable bonds is 6. The number of aromatic nitrogens is 2. The van der Waals surface area contributed by atoms with Crippen LogP contribution in [-0.4, -0.2) is 22.9 Å². The molecule has 0 spiro atoms. The Kier molecular flexibility index (Phi) is 5.76. The number of hydrogen-bond acceptors (Lipinski definition) is 3. The molecule has 0 aliphatic rings. The standard InChI is InChI=1S/C29H28N4O/c1-18-7-6-8-19(2)27(18)33-29(34)26-17-23-22-9-4-5-10-24(22)32-28(23)25(31-26)16-13-20-11-14-21(30-3)15-12-20/h4-12,14-15,17,30,32H,13,16H2,1-3H3,(H,33,34). The fraction of sp³-hybridized carbons (Fsp3) is 0.172. The average Bonchev–Trinajstić information content (AvgIpc) is 3.24. The van der Waals surface area contributed by atoms with Crippen molar-refractivity contribution in [2.75, 3.05) is 17.7 Å². The summed E-state index contributed by atoms with van der Waals surface area (Å²) < 4.78 is 0. The second kappa shape index (κ2) is 9.02. The molecule has 0 fully saturated rings. The van der Waals surface area contributed by atoms with Crippen LogP contribution < -0.4 is 10.6 Å². The maximum Gasteiger partial charge on any atom is 0.274 e. The number of nitrogens with zero attached hydrogens (tertiary/aromatic N) is 1. The molecule has 0 radical (unpaired) electrons. The molecule has 2 heterocycles. The number of carbonyl (C=O) groups is 1. The van der Waals surface area contributed by atoms with Gasteiger partial charge in [0.05, 0.1) is 11.2 Å². The number of para-hydroxylation sites is 2. The van der Waals surface area contributed by atoms with Crippen LogP contribution in [0, 0.1) is 13.8 Å². The van der Waals surface area contributed by atoms with Gasteiger partial charge in [0, 0.05) is 34.7 Å². The molecule has 0 saturated carbocycles. The smallest absolute Gasteiger partial charge is 0.274 e. The predicted molar refractivity (Wildman–Crippen MR) is 141 cm³/mol. The van der Waals surface area contributed by atoms with E-state index in [4.69, 9.17) is 4.98 Å². The Bertz CT molecular complexity index is 1480. The molecule has 170 valence electrons. The van der Waals surface area contributed by atoms with E-state index < -0.39 is 0 Å². The second-order valence-corrected chi connectivity index (χ2v) is 8.72. The molecule has 3 aromatic carbocycles. The zero-order valence-electron chi connectivity index (χ0n) is 19.7. The molecule has 0 aliphatic heterocycles. The molecule has 5 heteroatoms. The Balaban J connectivity index is 1.54. The zero-order chi connectivity index (χ0) is 23.7. The highest BCUT2D eigenvalue weighted by Gasteiger charge is 2.17. The first kappa shape index (κ1) is 21.7. The zero-order valence-corrected chi connectivity index (χ0v) is 19.7. The van der Waals surface area contributed by atoms with E-state index in [9.17, 15) is 4.79 Å². The number of H-pyrrole nitrogens is 1. The van der Waals surface area contributed by atoms with E-state index in [0.717, 1.165) is 62.8 Å². The van der Waals surface area contributed by atoms with E-state index in [1.807, 2.05) is 57.3 Å². The highest BCUT2D eigenvalue weighted by atomic mass is 16.1. The van der Waals surface area contributed by atoms with Crippen molar-refractivity contribution in [1.29, 1.82) is 0 Å². The number of aromatic amines is 1. The normalized spacial score (nSPS) is 11.1. The highest BCUT2D eigenvalue weighted by molar-refractivity contribution is 6.12. The summed E-state index contributed by atoms with van der Waals surface area (Å²) in [6.45, 7) is 4.01. The van der Waals surface area contributed by atoms with E-state index in [-0.39, 0.29) is 5.91 Å². The number of hydrogen-bond donors (Lipinski definition) is 3. The van der Waals surface area contributed by atoms with Gasteiger partial charge in [-0.1, -0.05) is 48.5 Å². The summed E-state index contributed by atoms with van der Waals surface area (Å²) in [5.74, 6) is -0.191. The van der Waals surface area contributed by atoms with Crippen LogP contribution in [-0.2, 0) is 12.8 Å². The average molecular weight is 449 g/mol. The molecule has 0 unspecified atom stereocenters. The van der Waals surface area contributed by atoms with Gasteiger partial charge in [0.15, 0.2) is 0 Å². The van der Waals surface area contributed by atoms with Crippen molar-refractivity contribution < 1.29 is 4.79 Å². The molecule has 1 amide bonds. The van der Waals surface area contributed by atoms with Crippen LogP contribution in [0.2, 0.25) is 0 Å². The molecule has 0 bridgehead atoms. The number of carbonyl (C=O) groups excluding carboxylic acids is 1. The molecular weight excluding hydrogens is 420 g/mol. The third-order valence-corrected chi connectivity index (χ3v) is 6.42. The monoisotopic (exact) mass is 448 g/mol. The third kappa shape index (κ3) is 4.13. The third-order valence-electron chi connectivity index (χ3n) is 6.42. The lowest BCUT2D eigenvalue weighted by atomic mass is 10.0. The maximum absolute atomic E-state index is 13.3. The SMILES string of the molecule is CNc1ccc(CCc2nc(C(=O)Nc3c(C)cccc3C)cc3c2[nH]c2ccccc23)cc1. The van der Waals surface area contributed by atoms with Crippen LogP contribution in [0.1, 0.15) is 32.9 Å². The van der Waals surface area contributed by atoms with Gasteiger partial charge in [0.25, 0.3) is 5.91 Å². The minimum Gasteiger partial charge on any atom is -0.388 e. The lowest BCUT2D eigenvalue weighted by Crippen LogP contribution is -2.16. The molecular formula is C29H28N4O. The van der Waals surface area contributed by atoms with Gasteiger partial charge in [-0.05, 0) is 67.6 Å². The van der Waals surface area contributed by atoms with Gasteiger partial charge in [-0.15, -0.1) is 0 Å². The lowest BCUT2D eigenvalue weighted by Gasteiger charge is -2.12. The van der Waals surface area contributed by atoms with E-state index in [0.29, 0.717) is 5.69 Å². The minimum absolute atomic E-state index is 0.191. The van der Waals surface area contributed by atoms with Gasteiger partial charge < -0.3 is 15.6 Å². The van der Waals surface area contributed by atoms with Gasteiger partial charge in [0.1, 0.15) is 5.69 Å². The van der Waals surface area contributed by atoms with Crippen LogP contribution in [0.3, 0.4) is 0 Å². The van der Waals surface area contributed by atoms with Crippen molar-refractivity contribution in [3.8, 4) is 0 Å². The van der Waals surface area contributed by atoms with E-state index in [2.05, 4.69) is 52.0 Å². The van der Waals surface area contributed by atoms with Crippen molar-refractivity contribution >= 4 is 39.1 Å². The lowest BCUT2D eigenvalue weighted by molar-refractivity contribution is 0.102. The largest absolute Gasteiger partial charge is 0.388 e. The number of aryl methyl sites for hydroxylation is 4. The van der Waals surface area contributed by atoms with Gasteiger partial charge in [-0.25, -0.2) is 4.98 Å². The van der Waals surface area contributed by atoms with Gasteiger partial charge >= 0.3 is 0 Å². The molecule has 2 aromatic heterocycles. The first-order chi connectivity index (χ1) is 16.5. The Morgan fingerprint density at radius 2 is 1.62 bits per heavy atom. The Hall–Kier alpha value is -4.12. The summed E-state index contributed by atoms with van der Waals surface area (Å²) in [5, 5.41) is 8.37. The number of pyridine rings is 1. The summed E-state index contributed by atoms with van der Waals surface area (Å²) >= 11 is 0. The Morgan fingerprint density at radius 1 is 0.882 bits per heavy atom. The van der Waals surface area contributed by atoms with Crippen LogP contribution in [0.4, 0.5) is 11.4 Å². The van der Waals surface area contributed by atoms with Crippen LogP contribution >= 0.6 is 0 Å². The van der Waals surface area contributed by atoms with Crippen molar-refractivity contribution in [2.45, 2.75) is 26.7 Å². The van der Waals surface area contributed by atoms with Crippen molar-refractivity contribution in [3.05, 3.63) is 101 Å². The van der Waals surface area contributed by atoms with Crippen molar-refractivity contribution in [1.82, 2.24) is 9.97 Å². The maximum atomic E-state index is 13.3. The number of nitrogens with one attached hydrogen (secondary N) is 3.